The van der Waals surface area contributed by atoms with E-state index < -0.39 is 6.23 Å². The predicted octanol–water partition coefficient (Wildman–Crippen LogP) is 2.59. The molecule has 3 heteroatoms. The van der Waals surface area contributed by atoms with Crippen LogP contribution in [0.1, 0.15) is 52.9 Å². The van der Waals surface area contributed by atoms with E-state index in [1.54, 1.807) is 0 Å². The van der Waals surface area contributed by atoms with Crippen molar-refractivity contribution in [3.8, 4) is 0 Å². The summed E-state index contributed by atoms with van der Waals surface area (Å²) < 4.78 is 1.59. The van der Waals surface area contributed by atoms with Gasteiger partial charge in [-0.2, -0.15) is 0 Å². The Balaban J connectivity index is 2.43. The summed E-state index contributed by atoms with van der Waals surface area (Å²) in [5.41, 5.74) is 0. The van der Waals surface area contributed by atoms with Gasteiger partial charge in [0.05, 0.1) is 0 Å². The number of nitrogens with zero attached hydrogens (tertiary/aromatic N) is 1. The zero-order valence-electron chi connectivity index (χ0n) is 9.42. The molecule has 0 aromatic carbocycles. The second-order valence-electron chi connectivity index (χ2n) is 4.53. The van der Waals surface area contributed by atoms with Crippen molar-refractivity contribution < 1.29 is 5.11 Å². The van der Waals surface area contributed by atoms with Crippen molar-refractivity contribution in [3.63, 3.8) is 0 Å². The number of aliphatic imine (C=N–C) groups is 1. The molecule has 1 N–H and O–H groups in total. The minimum atomic E-state index is -0.433. The van der Waals surface area contributed by atoms with Gasteiger partial charge in [-0.05, 0) is 0 Å². The van der Waals surface area contributed by atoms with Gasteiger partial charge >= 0.3 is 93.1 Å². The van der Waals surface area contributed by atoms with E-state index in [0.29, 0.717) is 19.3 Å². The average Bonchev–Trinajstić information content (AvgIpc) is 2.00. The molecule has 82 valence electrons. The third kappa shape index (κ3) is 4.12. The van der Waals surface area contributed by atoms with Gasteiger partial charge in [0.25, 0.3) is 0 Å². The molecular formula is C11H21NOSe. The first-order valence-electron chi connectivity index (χ1n) is 5.47. The van der Waals surface area contributed by atoms with Crippen molar-refractivity contribution in [3.05, 3.63) is 0 Å². The third-order valence-corrected chi connectivity index (χ3v) is 5.01. The van der Waals surface area contributed by atoms with Crippen molar-refractivity contribution in [2.45, 2.75) is 63.4 Å². The second-order valence-corrected chi connectivity index (χ2v) is 8.26. The normalized spacial score (nSPS) is 26.0. The Kier molecular flexibility index (Phi) is 4.62. The fraction of sp³-hybridized carbons (Fsp3) is 0.909. The van der Waals surface area contributed by atoms with E-state index in [0.717, 1.165) is 12.8 Å². The number of unbranched alkanes of at least 4 members (excludes halogenated alkanes) is 2. The van der Waals surface area contributed by atoms with Gasteiger partial charge in [-0.25, -0.2) is 0 Å². The topological polar surface area (TPSA) is 32.6 Å². The molecule has 0 fully saturated rings. The molecular weight excluding hydrogens is 241 g/mol. The summed E-state index contributed by atoms with van der Waals surface area (Å²) >= 11 is 0.486. The predicted molar refractivity (Wildman–Crippen MR) is 62.0 cm³/mol. The van der Waals surface area contributed by atoms with E-state index >= 15 is 0 Å². The van der Waals surface area contributed by atoms with E-state index in [-0.39, 0.29) is 0 Å². The van der Waals surface area contributed by atoms with Crippen LogP contribution < -0.4 is 0 Å². The van der Waals surface area contributed by atoms with E-state index in [1.807, 2.05) is 0 Å². The van der Waals surface area contributed by atoms with Gasteiger partial charge in [-0.15, -0.1) is 0 Å². The fourth-order valence-electron chi connectivity index (χ4n) is 1.68. The summed E-state index contributed by atoms with van der Waals surface area (Å²) in [6.07, 6.45) is 5.29. The third-order valence-electron chi connectivity index (χ3n) is 2.36. The Bertz CT molecular complexity index is 213. The number of hydrogen-bond acceptors (Lipinski definition) is 2. The molecule has 0 bridgehead atoms. The van der Waals surface area contributed by atoms with Crippen molar-refractivity contribution >= 4 is 19.6 Å². The van der Waals surface area contributed by atoms with Gasteiger partial charge < -0.3 is 0 Å². The second kappa shape index (κ2) is 5.29. The molecule has 1 aliphatic rings. The van der Waals surface area contributed by atoms with Crippen LogP contribution in [0, 0.1) is 0 Å². The molecule has 0 aliphatic carbocycles. The minimum absolute atomic E-state index is 0.301. The molecule has 14 heavy (non-hydrogen) atoms. The molecule has 0 spiro atoms. The molecule has 0 amide bonds. The monoisotopic (exact) mass is 263 g/mol. The molecule has 1 heterocycles. The molecule has 1 atom stereocenters. The molecule has 1 aliphatic heterocycles. The first-order valence-corrected chi connectivity index (χ1v) is 7.18. The van der Waals surface area contributed by atoms with Crippen molar-refractivity contribution in [2.75, 3.05) is 0 Å². The van der Waals surface area contributed by atoms with Crippen molar-refractivity contribution in [2.24, 2.45) is 4.99 Å². The van der Waals surface area contributed by atoms with Crippen LogP contribution in [0.4, 0.5) is 0 Å². The SMILES string of the molecule is CCCCCC1=NC(O)CC(C)(C)[Se]1. The zero-order valence-corrected chi connectivity index (χ0v) is 11.1. The van der Waals surface area contributed by atoms with Crippen LogP contribution in [0.25, 0.3) is 0 Å². The van der Waals surface area contributed by atoms with Gasteiger partial charge in [0.2, 0.25) is 0 Å². The van der Waals surface area contributed by atoms with Crippen LogP contribution in [-0.4, -0.2) is 30.9 Å². The van der Waals surface area contributed by atoms with Gasteiger partial charge in [0.1, 0.15) is 0 Å². The Morgan fingerprint density at radius 3 is 2.79 bits per heavy atom. The Morgan fingerprint density at radius 1 is 1.50 bits per heavy atom. The average molecular weight is 262 g/mol. The summed E-state index contributed by atoms with van der Waals surface area (Å²) in [5.74, 6) is 0. The van der Waals surface area contributed by atoms with Crippen LogP contribution in [0.2, 0.25) is 4.31 Å². The Hall–Kier alpha value is 0.149. The summed E-state index contributed by atoms with van der Waals surface area (Å²) in [6.45, 7) is 6.70. The molecule has 0 saturated carbocycles. The quantitative estimate of drug-likeness (QED) is 0.613. The first-order chi connectivity index (χ1) is 6.53. The molecule has 0 aromatic rings. The van der Waals surface area contributed by atoms with Crippen molar-refractivity contribution in [1.82, 2.24) is 0 Å². The van der Waals surface area contributed by atoms with Gasteiger partial charge in [-0.3, -0.25) is 0 Å². The molecule has 0 aromatic heterocycles. The van der Waals surface area contributed by atoms with E-state index in [4.69, 9.17) is 0 Å². The number of aliphatic hydroxyl groups excluding tert-OH is 1. The summed E-state index contributed by atoms with van der Waals surface area (Å²) in [4.78, 5) is 4.35. The summed E-state index contributed by atoms with van der Waals surface area (Å²) in [6, 6.07) is 0. The number of aliphatic hydroxyl groups is 1. The molecule has 1 rings (SSSR count). The van der Waals surface area contributed by atoms with E-state index in [1.165, 1.54) is 23.9 Å². The summed E-state index contributed by atoms with van der Waals surface area (Å²) in [5, 5.41) is 9.59. The Morgan fingerprint density at radius 2 is 2.21 bits per heavy atom. The van der Waals surface area contributed by atoms with Crippen LogP contribution in [0.3, 0.4) is 0 Å². The van der Waals surface area contributed by atoms with E-state index in [2.05, 4.69) is 25.8 Å². The fourth-order valence-corrected chi connectivity index (χ4v) is 4.39. The number of rotatable bonds is 4. The zero-order chi connectivity index (χ0) is 10.6. The van der Waals surface area contributed by atoms with E-state index in [9.17, 15) is 5.11 Å². The molecule has 1 unspecified atom stereocenters. The van der Waals surface area contributed by atoms with Crippen LogP contribution in [0.5, 0.6) is 0 Å². The molecule has 0 radical (unpaired) electrons. The van der Waals surface area contributed by atoms with Crippen LogP contribution in [-0.2, 0) is 0 Å². The maximum atomic E-state index is 9.59. The van der Waals surface area contributed by atoms with Crippen molar-refractivity contribution in [1.29, 1.82) is 0 Å². The Labute approximate surface area is 93.4 Å². The van der Waals surface area contributed by atoms with Gasteiger partial charge in [0.15, 0.2) is 0 Å². The molecule has 2 nitrogen and oxygen atoms in total. The maximum absolute atomic E-state index is 9.59. The van der Waals surface area contributed by atoms with Crippen LogP contribution >= 0.6 is 0 Å². The molecule has 0 saturated heterocycles. The standard InChI is InChI=1S/C11H21NOSe/c1-4-5-6-7-10-12-9(13)8-11(2,3)14-10/h9,13H,4-8H2,1-3H3. The van der Waals surface area contributed by atoms with Crippen LogP contribution in [0.15, 0.2) is 4.99 Å². The summed E-state index contributed by atoms with van der Waals surface area (Å²) in [7, 11) is 0. The van der Waals surface area contributed by atoms with Gasteiger partial charge in [-0.1, -0.05) is 0 Å². The first kappa shape index (κ1) is 12.2. The van der Waals surface area contributed by atoms with Gasteiger partial charge in [0, 0.05) is 0 Å². The number of hydrogen-bond donors (Lipinski definition) is 1.